The topological polar surface area (TPSA) is 37.3 Å². The molecule has 0 bridgehead atoms. The Morgan fingerprint density at radius 3 is 2.57 bits per heavy atom. The van der Waals surface area contributed by atoms with Crippen LogP contribution in [0, 0.1) is 46.3 Å². The molecule has 23 heavy (non-hydrogen) atoms. The monoisotopic (exact) mass is 318 g/mol. The number of Topliss-reactive ketones (excluding diaryl/α,β-unsaturated/α-hetero) is 1. The first-order valence-electron chi connectivity index (χ1n) is 9.97. The molecule has 4 saturated carbocycles. The molecule has 0 aliphatic heterocycles. The van der Waals surface area contributed by atoms with Crippen molar-refractivity contribution in [2.45, 2.75) is 78.7 Å². The molecular formula is C21H34O2. The Morgan fingerprint density at radius 2 is 1.83 bits per heavy atom. The van der Waals surface area contributed by atoms with Gasteiger partial charge in [-0.25, -0.2) is 0 Å². The fraction of sp³-hybridized carbons (Fsp3) is 0.952. The van der Waals surface area contributed by atoms with Crippen molar-refractivity contribution in [3.05, 3.63) is 0 Å². The summed E-state index contributed by atoms with van der Waals surface area (Å²) in [5, 5.41) is 10.7. The number of hydrogen-bond donors (Lipinski definition) is 1. The highest BCUT2D eigenvalue weighted by Gasteiger charge is 2.63. The summed E-state index contributed by atoms with van der Waals surface area (Å²) in [6, 6.07) is 0. The van der Waals surface area contributed by atoms with Crippen LogP contribution < -0.4 is 0 Å². The summed E-state index contributed by atoms with van der Waals surface area (Å²) in [6.45, 7) is 9.77. The van der Waals surface area contributed by atoms with E-state index in [2.05, 4.69) is 27.7 Å². The van der Waals surface area contributed by atoms with E-state index in [9.17, 15) is 9.90 Å². The second-order valence-corrected chi connectivity index (χ2v) is 10.1. The molecular weight excluding hydrogens is 284 g/mol. The van der Waals surface area contributed by atoms with Crippen molar-refractivity contribution in [2.75, 3.05) is 0 Å². The maximum Gasteiger partial charge on any atom is 0.133 e. The third kappa shape index (κ3) is 2.06. The van der Waals surface area contributed by atoms with Crippen molar-refractivity contribution < 1.29 is 9.90 Å². The van der Waals surface area contributed by atoms with E-state index >= 15 is 0 Å². The van der Waals surface area contributed by atoms with E-state index in [1.165, 1.54) is 19.3 Å². The zero-order chi connectivity index (χ0) is 16.6. The van der Waals surface area contributed by atoms with Gasteiger partial charge in [0.05, 0.1) is 6.10 Å². The smallest absolute Gasteiger partial charge is 0.133 e. The lowest BCUT2D eigenvalue weighted by Gasteiger charge is -2.64. The predicted octanol–water partition coefficient (Wildman–Crippen LogP) is 4.45. The Balaban J connectivity index is 1.74. The zero-order valence-corrected chi connectivity index (χ0v) is 15.3. The van der Waals surface area contributed by atoms with E-state index < -0.39 is 0 Å². The zero-order valence-electron chi connectivity index (χ0n) is 15.3. The quantitative estimate of drug-likeness (QED) is 0.716. The van der Waals surface area contributed by atoms with Gasteiger partial charge in [0.2, 0.25) is 0 Å². The molecule has 0 amide bonds. The van der Waals surface area contributed by atoms with Crippen molar-refractivity contribution in [1.29, 1.82) is 0 Å². The second-order valence-electron chi connectivity index (χ2n) is 10.1. The summed E-state index contributed by atoms with van der Waals surface area (Å²) in [4.78, 5) is 12.1. The first-order chi connectivity index (χ1) is 10.8. The number of carbonyl (C=O) groups excluding carboxylic acids is 1. The van der Waals surface area contributed by atoms with Crippen LogP contribution in [0.1, 0.15) is 72.6 Å². The normalized spacial score (nSPS) is 59.2. The van der Waals surface area contributed by atoms with Gasteiger partial charge in [-0.1, -0.05) is 27.7 Å². The molecule has 2 heteroatoms. The lowest BCUT2D eigenvalue weighted by atomic mass is 9.41. The van der Waals surface area contributed by atoms with Crippen LogP contribution in [-0.4, -0.2) is 17.0 Å². The van der Waals surface area contributed by atoms with Gasteiger partial charge in [0.25, 0.3) is 0 Å². The maximum absolute atomic E-state index is 12.1. The summed E-state index contributed by atoms with van der Waals surface area (Å²) in [7, 11) is 0. The predicted molar refractivity (Wildman–Crippen MR) is 91.8 cm³/mol. The van der Waals surface area contributed by atoms with Gasteiger partial charge < -0.3 is 5.11 Å². The van der Waals surface area contributed by atoms with Crippen molar-refractivity contribution in [3.8, 4) is 0 Å². The summed E-state index contributed by atoms with van der Waals surface area (Å²) in [6.07, 6.45) is 7.30. The average Bonchev–Trinajstić information content (AvgIpc) is 2.76. The largest absolute Gasteiger partial charge is 0.393 e. The van der Waals surface area contributed by atoms with Gasteiger partial charge >= 0.3 is 0 Å². The van der Waals surface area contributed by atoms with Crippen LogP contribution in [0.25, 0.3) is 0 Å². The lowest BCUT2D eigenvalue weighted by Crippen LogP contribution is -2.59. The van der Waals surface area contributed by atoms with Crippen LogP contribution in [0.5, 0.6) is 0 Å². The number of ketones is 1. The Hall–Kier alpha value is -0.370. The Morgan fingerprint density at radius 1 is 1.09 bits per heavy atom. The molecule has 4 aliphatic rings. The number of aliphatic hydroxyl groups excluding tert-OH is 1. The van der Waals surface area contributed by atoms with Crippen LogP contribution in [0.3, 0.4) is 0 Å². The molecule has 130 valence electrons. The van der Waals surface area contributed by atoms with E-state index in [1.807, 2.05) is 0 Å². The molecule has 0 saturated heterocycles. The van der Waals surface area contributed by atoms with E-state index in [0.29, 0.717) is 34.9 Å². The van der Waals surface area contributed by atoms with Crippen molar-refractivity contribution in [2.24, 2.45) is 46.3 Å². The molecule has 0 aromatic rings. The van der Waals surface area contributed by atoms with Gasteiger partial charge in [0.15, 0.2) is 0 Å². The SMILES string of the molecule is C[C@H]1CC2CC(=O)CC[C@]2(C)C2C1C1CC[C@H](O)[C@@]1(C)C[C@@H]2C. The van der Waals surface area contributed by atoms with E-state index in [4.69, 9.17) is 0 Å². The third-order valence-corrected chi connectivity index (χ3v) is 9.04. The standard InChI is InChI=1S/C21H34O2/c1-12-9-14-10-15(22)7-8-20(14,3)19-13(2)11-21(4)16(18(12)19)5-6-17(21)23/h12-14,16-19,23H,5-11H2,1-4H3/t12-,13-,14?,16?,17-,18?,19?,20-,21-/m0/s1. The molecule has 1 N–H and O–H groups in total. The maximum atomic E-state index is 12.1. The second kappa shape index (κ2) is 5.07. The Labute approximate surface area is 141 Å². The molecule has 4 unspecified atom stereocenters. The summed E-state index contributed by atoms with van der Waals surface area (Å²) in [5.74, 6) is 4.71. The van der Waals surface area contributed by atoms with Crippen LogP contribution in [0.4, 0.5) is 0 Å². The minimum absolute atomic E-state index is 0.0958. The summed E-state index contributed by atoms with van der Waals surface area (Å²) < 4.78 is 0. The molecule has 4 rings (SSSR count). The molecule has 0 heterocycles. The fourth-order valence-electron chi connectivity index (χ4n) is 8.07. The van der Waals surface area contributed by atoms with E-state index in [0.717, 1.165) is 37.5 Å². The fourth-order valence-corrected chi connectivity index (χ4v) is 8.07. The number of aliphatic hydroxyl groups is 1. The Bertz CT molecular complexity index is 514. The number of hydrogen-bond acceptors (Lipinski definition) is 2. The number of rotatable bonds is 0. The van der Waals surface area contributed by atoms with Crippen molar-refractivity contribution >= 4 is 5.78 Å². The van der Waals surface area contributed by atoms with Gasteiger partial charge in [0, 0.05) is 12.8 Å². The number of fused-ring (bicyclic) bond motifs is 5. The molecule has 0 aromatic heterocycles. The van der Waals surface area contributed by atoms with Crippen LogP contribution >= 0.6 is 0 Å². The van der Waals surface area contributed by atoms with Gasteiger partial charge in [-0.15, -0.1) is 0 Å². The van der Waals surface area contributed by atoms with Crippen LogP contribution in [0.2, 0.25) is 0 Å². The summed E-state index contributed by atoms with van der Waals surface area (Å²) in [5.41, 5.74) is 0.502. The van der Waals surface area contributed by atoms with Crippen molar-refractivity contribution in [3.63, 3.8) is 0 Å². The Kier molecular flexibility index (Phi) is 3.55. The highest BCUT2D eigenvalue weighted by molar-refractivity contribution is 5.79. The molecule has 4 aliphatic carbocycles. The third-order valence-electron chi connectivity index (χ3n) is 9.04. The molecule has 0 radical (unpaired) electrons. The van der Waals surface area contributed by atoms with Crippen molar-refractivity contribution in [1.82, 2.24) is 0 Å². The first kappa shape index (κ1) is 16.1. The van der Waals surface area contributed by atoms with Crippen LogP contribution in [-0.2, 0) is 4.79 Å². The molecule has 0 spiro atoms. The molecule has 4 fully saturated rings. The minimum atomic E-state index is -0.0958. The highest BCUT2D eigenvalue weighted by Crippen LogP contribution is 2.68. The minimum Gasteiger partial charge on any atom is -0.393 e. The van der Waals surface area contributed by atoms with Crippen LogP contribution in [0.15, 0.2) is 0 Å². The first-order valence-corrected chi connectivity index (χ1v) is 9.97. The molecule has 9 atom stereocenters. The van der Waals surface area contributed by atoms with Gasteiger partial charge in [-0.05, 0) is 78.4 Å². The van der Waals surface area contributed by atoms with Gasteiger partial charge in [-0.3, -0.25) is 4.79 Å². The van der Waals surface area contributed by atoms with Gasteiger partial charge in [-0.2, -0.15) is 0 Å². The lowest BCUT2D eigenvalue weighted by molar-refractivity contribution is -0.170. The average molecular weight is 319 g/mol. The van der Waals surface area contributed by atoms with E-state index in [-0.39, 0.29) is 11.5 Å². The van der Waals surface area contributed by atoms with E-state index in [1.54, 1.807) is 0 Å². The van der Waals surface area contributed by atoms with Gasteiger partial charge in [0.1, 0.15) is 5.78 Å². The summed E-state index contributed by atoms with van der Waals surface area (Å²) >= 11 is 0. The number of carbonyl (C=O) groups is 1. The molecule has 0 aromatic carbocycles. The highest BCUT2D eigenvalue weighted by atomic mass is 16.3. The molecule has 2 nitrogen and oxygen atoms in total.